The molecule has 0 fully saturated rings. The average molecular weight is 365 g/mol. The second-order valence-corrected chi connectivity index (χ2v) is 5.96. The van der Waals surface area contributed by atoms with Crippen LogP contribution >= 0.6 is 50.7 Å². The van der Waals surface area contributed by atoms with E-state index in [9.17, 15) is 0 Å². The second kappa shape index (κ2) is 5.81. The summed E-state index contributed by atoms with van der Waals surface area (Å²) in [6.45, 7) is 0. The molecule has 0 spiro atoms. The van der Waals surface area contributed by atoms with E-state index in [1.807, 2.05) is 24.3 Å². The molecule has 0 amide bonds. The quantitative estimate of drug-likeness (QED) is 0.752. The Labute approximate surface area is 129 Å². The summed E-state index contributed by atoms with van der Waals surface area (Å²) < 4.78 is 0.874. The van der Waals surface area contributed by atoms with Gasteiger partial charge in [-0.15, -0.1) is 0 Å². The van der Waals surface area contributed by atoms with Gasteiger partial charge in [-0.25, -0.2) is 0 Å². The molecule has 18 heavy (non-hydrogen) atoms. The fourth-order valence-corrected chi connectivity index (χ4v) is 3.01. The Morgan fingerprint density at radius 3 is 2.44 bits per heavy atom. The maximum Gasteiger partial charge on any atom is 0.0643 e. The van der Waals surface area contributed by atoms with E-state index in [4.69, 9.17) is 40.5 Å². The third kappa shape index (κ3) is 3.01. The number of hydrogen-bond acceptors (Lipinski definition) is 1. The SMILES string of the molecule is NC(c1cc(Cl)cc(Br)c1)c1cccc(Cl)c1Cl. The standard InChI is InChI=1S/C13H9BrCl3N/c14-8-4-7(5-9(15)6-8)13(18)10-2-1-3-11(16)12(10)17/h1-6,13H,18H2. The van der Waals surface area contributed by atoms with Gasteiger partial charge in [0.15, 0.2) is 0 Å². The Balaban J connectivity index is 2.47. The largest absolute Gasteiger partial charge is 0.320 e. The zero-order valence-electron chi connectivity index (χ0n) is 9.13. The minimum absolute atomic E-state index is 0.369. The highest BCUT2D eigenvalue weighted by Gasteiger charge is 2.15. The van der Waals surface area contributed by atoms with Crippen molar-refractivity contribution in [3.8, 4) is 0 Å². The minimum atomic E-state index is -0.369. The van der Waals surface area contributed by atoms with Crippen LogP contribution in [0.25, 0.3) is 0 Å². The molecule has 0 aromatic heterocycles. The van der Waals surface area contributed by atoms with Gasteiger partial charge >= 0.3 is 0 Å². The summed E-state index contributed by atoms with van der Waals surface area (Å²) in [7, 11) is 0. The zero-order chi connectivity index (χ0) is 13.3. The van der Waals surface area contributed by atoms with E-state index in [0.717, 1.165) is 15.6 Å². The lowest BCUT2D eigenvalue weighted by molar-refractivity contribution is 0.871. The molecule has 0 bridgehead atoms. The van der Waals surface area contributed by atoms with Crippen molar-refractivity contribution < 1.29 is 0 Å². The molecule has 0 heterocycles. The molecule has 1 atom stereocenters. The third-order valence-electron chi connectivity index (χ3n) is 2.56. The van der Waals surface area contributed by atoms with Gasteiger partial charge < -0.3 is 5.73 Å². The fourth-order valence-electron chi connectivity index (χ4n) is 1.69. The summed E-state index contributed by atoms with van der Waals surface area (Å²) in [6, 6.07) is 10.6. The van der Waals surface area contributed by atoms with Crippen molar-refractivity contribution in [1.82, 2.24) is 0 Å². The van der Waals surface area contributed by atoms with E-state index in [1.54, 1.807) is 12.1 Å². The van der Waals surface area contributed by atoms with Crippen molar-refractivity contribution in [3.63, 3.8) is 0 Å². The molecule has 5 heteroatoms. The molecule has 2 aromatic rings. The highest BCUT2D eigenvalue weighted by molar-refractivity contribution is 9.10. The molecule has 0 aliphatic heterocycles. The van der Waals surface area contributed by atoms with Gasteiger partial charge in [0.2, 0.25) is 0 Å². The highest BCUT2D eigenvalue weighted by Crippen LogP contribution is 2.33. The van der Waals surface area contributed by atoms with Crippen molar-refractivity contribution in [2.75, 3.05) is 0 Å². The summed E-state index contributed by atoms with van der Waals surface area (Å²) in [6.07, 6.45) is 0. The molecule has 0 aliphatic rings. The molecule has 94 valence electrons. The summed E-state index contributed by atoms with van der Waals surface area (Å²) in [5.41, 5.74) is 7.85. The Kier molecular flexibility index (Phi) is 4.57. The Morgan fingerprint density at radius 2 is 1.78 bits per heavy atom. The summed E-state index contributed by atoms with van der Waals surface area (Å²) >= 11 is 21.5. The van der Waals surface area contributed by atoms with Crippen molar-refractivity contribution in [2.24, 2.45) is 5.73 Å². The summed E-state index contributed by atoms with van der Waals surface area (Å²) in [5.74, 6) is 0. The van der Waals surface area contributed by atoms with E-state index < -0.39 is 0 Å². The molecule has 0 saturated carbocycles. The summed E-state index contributed by atoms with van der Waals surface area (Å²) in [4.78, 5) is 0. The van der Waals surface area contributed by atoms with Crippen LogP contribution in [0.4, 0.5) is 0 Å². The van der Waals surface area contributed by atoms with Crippen LogP contribution in [0.15, 0.2) is 40.9 Å². The van der Waals surface area contributed by atoms with Crippen LogP contribution in [0.3, 0.4) is 0 Å². The van der Waals surface area contributed by atoms with Crippen LogP contribution in [-0.4, -0.2) is 0 Å². The first kappa shape index (κ1) is 14.2. The second-order valence-electron chi connectivity index (χ2n) is 3.82. The number of benzene rings is 2. The van der Waals surface area contributed by atoms with Gasteiger partial charge in [0.05, 0.1) is 16.1 Å². The molecule has 0 saturated heterocycles. The van der Waals surface area contributed by atoms with Gasteiger partial charge in [-0.05, 0) is 35.4 Å². The van der Waals surface area contributed by atoms with Gasteiger partial charge in [0, 0.05) is 9.50 Å². The van der Waals surface area contributed by atoms with E-state index in [2.05, 4.69) is 15.9 Å². The van der Waals surface area contributed by atoms with Crippen LogP contribution in [0, 0.1) is 0 Å². The fraction of sp³-hybridized carbons (Fsp3) is 0.0769. The van der Waals surface area contributed by atoms with Crippen molar-refractivity contribution >= 4 is 50.7 Å². The summed E-state index contributed by atoms with van der Waals surface area (Å²) in [5, 5.41) is 1.58. The molecule has 2 rings (SSSR count). The lowest BCUT2D eigenvalue weighted by Gasteiger charge is -2.15. The molecular weight excluding hydrogens is 356 g/mol. The van der Waals surface area contributed by atoms with E-state index in [1.165, 1.54) is 0 Å². The number of hydrogen-bond donors (Lipinski definition) is 1. The molecule has 2 N–H and O–H groups in total. The van der Waals surface area contributed by atoms with E-state index in [0.29, 0.717) is 15.1 Å². The Bertz CT molecular complexity index is 566. The van der Waals surface area contributed by atoms with E-state index in [-0.39, 0.29) is 6.04 Å². The Morgan fingerprint density at radius 1 is 1.06 bits per heavy atom. The van der Waals surface area contributed by atoms with Crippen molar-refractivity contribution in [1.29, 1.82) is 0 Å². The smallest absolute Gasteiger partial charge is 0.0643 e. The van der Waals surface area contributed by atoms with Crippen molar-refractivity contribution in [3.05, 3.63) is 67.1 Å². The third-order valence-corrected chi connectivity index (χ3v) is 4.07. The predicted molar refractivity (Wildman–Crippen MR) is 81.6 cm³/mol. The van der Waals surface area contributed by atoms with Crippen LogP contribution in [-0.2, 0) is 0 Å². The molecule has 1 nitrogen and oxygen atoms in total. The first-order chi connectivity index (χ1) is 8.49. The lowest BCUT2D eigenvalue weighted by Crippen LogP contribution is -2.12. The normalized spacial score (nSPS) is 12.5. The van der Waals surface area contributed by atoms with E-state index >= 15 is 0 Å². The minimum Gasteiger partial charge on any atom is -0.320 e. The predicted octanol–water partition coefficient (Wildman–Crippen LogP) is 5.46. The first-order valence-electron chi connectivity index (χ1n) is 5.14. The molecule has 2 aromatic carbocycles. The number of rotatable bonds is 2. The van der Waals surface area contributed by atoms with Gasteiger partial charge in [-0.3, -0.25) is 0 Å². The average Bonchev–Trinajstić information content (AvgIpc) is 2.30. The van der Waals surface area contributed by atoms with Gasteiger partial charge in [0.25, 0.3) is 0 Å². The number of nitrogens with two attached hydrogens (primary N) is 1. The van der Waals surface area contributed by atoms with Crippen molar-refractivity contribution in [2.45, 2.75) is 6.04 Å². The Hall–Kier alpha value is -0.250. The van der Waals surface area contributed by atoms with Gasteiger partial charge in [-0.2, -0.15) is 0 Å². The van der Waals surface area contributed by atoms with Crippen LogP contribution in [0.1, 0.15) is 17.2 Å². The van der Waals surface area contributed by atoms with Crippen LogP contribution < -0.4 is 5.73 Å². The zero-order valence-corrected chi connectivity index (χ0v) is 13.0. The van der Waals surface area contributed by atoms with Crippen LogP contribution in [0.5, 0.6) is 0 Å². The molecule has 0 aliphatic carbocycles. The number of halogens is 4. The van der Waals surface area contributed by atoms with Gasteiger partial charge in [0.1, 0.15) is 0 Å². The molecule has 0 radical (unpaired) electrons. The van der Waals surface area contributed by atoms with Gasteiger partial charge in [-0.1, -0.05) is 62.9 Å². The molecular formula is C13H9BrCl3N. The van der Waals surface area contributed by atoms with Crippen LogP contribution in [0.2, 0.25) is 15.1 Å². The maximum atomic E-state index is 6.20. The highest BCUT2D eigenvalue weighted by atomic mass is 79.9. The topological polar surface area (TPSA) is 26.0 Å². The molecule has 1 unspecified atom stereocenters. The monoisotopic (exact) mass is 363 g/mol. The maximum absolute atomic E-state index is 6.20. The first-order valence-corrected chi connectivity index (χ1v) is 7.07. The lowest BCUT2D eigenvalue weighted by atomic mass is 10.00.